The van der Waals surface area contributed by atoms with Crippen LogP contribution in [0, 0.1) is 11.3 Å². The Kier molecular flexibility index (Phi) is 5.94. The van der Waals surface area contributed by atoms with Gasteiger partial charge < -0.3 is 20.1 Å². The molecule has 1 aliphatic carbocycles. The van der Waals surface area contributed by atoms with Gasteiger partial charge in [0.05, 0.1) is 24.8 Å². The van der Waals surface area contributed by atoms with Gasteiger partial charge in [-0.15, -0.1) is 22.7 Å². The van der Waals surface area contributed by atoms with Crippen molar-refractivity contribution < 1.29 is 19.1 Å². The van der Waals surface area contributed by atoms with Gasteiger partial charge >= 0.3 is 6.09 Å². The molecule has 2 aromatic heterocycles. The molecule has 4 rings (SSSR count). The largest absolute Gasteiger partial charge is 0.446 e. The molecule has 0 aromatic carbocycles. The highest BCUT2D eigenvalue weighted by Gasteiger charge is 2.29. The zero-order valence-corrected chi connectivity index (χ0v) is 17.1. The van der Waals surface area contributed by atoms with Gasteiger partial charge in [0.25, 0.3) is 0 Å². The summed E-state index contributed by atoms with van der Waals surface area (Å²) in [6, 6.07) is 6.08. The predicted molar refractivity (Wildman–Crippen MR) is 111 cm³/mol. The number of carbonyl (C=O) groups excluding carboxylic acids is 2. The van der Waals surface area contributed by atoms with Crippen LogP contribution in [0.1, 0.15) is 27.3 Å². The number of amides is 2. The number of nitrogens with one attached hydrogen (secondary N) is 2. The van der Waals surface area contributed by atoms with E-state index in [-0.39, 0.29) is 18.1 Å². The first-order valence-corrected chi connectivity index (χ1v) is 10.9. The lowest BCUT2D eigenvalue weighted by Gasteiger charge is -2.28. The number of ether oxygens (including phenoxy) is 2. The van der Waals surface area contributed by atoms with Crippen molar-refractivity contribution in [2.24, 2.45) is 0 Å². The molecule has 0 saturated carbocycles. The van der Waals surface area contributed by atoms with Crippen LogP contribution >= 0.6 is 22.7 Å². The fourth-order valence-corrected chi connectivity index (χ4v) is 5.11. The van der Waals surface area contributed by atoms with Crippen LogP contribution in [-0.4, -0.2) is 37.4 Å². The molecular formula is C20H19N3O4S2. The average molecular weight is 430 g/mol. The van der Waals surface area contributed by atoms with Gasteiger partial charge in [-0.25, -0.2) is 4.79 Å². The maximum absolute atomic E-state index is 12.3. The van der Waals surface area contributed by atoms with Crippen molar-refractivity contribution in [3.8, 4) is 6.07 Å². The molecule has 1 unspecified atom stereocenters. The van der Waals surface area contributed by atoms with Crippen molar-refractivity contribution in [3.63, 3.8) is 0 Å². The summed E-state index contributed by atoms with van der Waals surface area (Å²) in [6.07, 6.45) is 4.37. The first-order chi connectivity index (χ1) is 14.1. The predicted octanol–water partition coefficient (Wildman–Crippen LogP) is 3.32. The van der Waals surface area contributed by atoms with Gasteiger partial charge in [-0.2, -0.15) is 5.26 Å². The first-order valence-electron chi connectivity index (χ1n) is 9.24. The van der Waals surface area contributed by atoms with Crippen LogP contribution in [0.5, 0.6) is 0 Å². The summed E-state index contributed by atoms with van der Waals surface area (Å²) < 4.78 is 10.6. The molecule has 0 bridgehead atoms. The normalized spacial score (nSPS) is 18.5. The Bertz CT molecular complexity index is 971. The smallest absolute Gasteiger partial charge is 0.407 e. The van der Waals surface area contributed by atoms with Gasteiger partial charge in [0.1, 0.15) is 17.2 Å². The summed E-state index contributed by atoms with van der Waals surface area (Å²) in [6.45, 7) is 1.04. The van der Waals surface area contributed by atoms with Crippen molar-refractivity contribution in [2.45, 2.75) is 31.4 Å². The molecule has 9 heteroatoms. The van der Waals surface area contributed by atoms with E-state index < -0.39 is 6.09 Å². The van der Waals surface area contributed by atoms with Crippen LogP contribution in [0.15, 0.2) is 23.6 Å². The highest BCUT2D eigenvalue weighted by molar-refractivity contribution is 7.16. The lowest BCUT2D eigenvalue weighted by Crippen LogP contribution is -2.49. The Hall–Kier alpha value is -2.67. The zero-order valence-electron chi connectivity index (χ0n) is 15.5. The van der Waals surface area contributed by atoms with Crippen LogP contribution < -0.4 is 10.6 Å². The molecule has 2 aromatic rings. The number of hydrogen-bond acceptors (Lipinski definition) is 7. The topological polar surface area (TPSA) is 100 Å². The molecule has 2 amide bonds. The molecule has 29 heavy (non-hydrogen) atoms. The summed E-state index contributed by atoms with van der Waals surface area (Å²) in [7, 11) is 0. The summed E-state index contributed by atoms with van der Waals surface area (Å²) in [5.74, 6) is -0.275. The van der Waals surface area contributed by atoms with E-state index in [0.29, 0.717) is 43.0 Å². The Morgan fingerprint density at radius 1 is 1.38 bits per heavy atom. The number of thiophene rings is 2. The molecule has 7 nitrogen and oxygen atoms in total. The van der Waals surface area contributed by atoms with Crippen molar-refractivity contribution in [3.05, 3.63) is 44.5 Å². The second-order valence-corrected chi connectivity index (χ2v) is 8.89. The van der Waals surface area contributed by atoms with Crippen LogP contribution in [-0.2, 0) is 27.1 Å². The number of hydrogen-bond donors (Lipinski definition) is 2. The number of anilines is 1. The minimum absolute atomic E-state index is 0.0256. The van der Waals surface area contributed by atoms with E-state index in [0.717, 1.165) is 15.3 Å². The van der Waals surface area contributed by atoms with Gasteiger partial charge in [-0.3, -0.25) is 4.79 Å². The Morgan fingerprint density at radius 2 is 2.24 bits per heavy atom. The molecule has 2 N–H and O–H groups in total. The number of rotatable bonds is 5. The standard InChI is InChI=1S/C20H19N3O4S2/c21-9-16-15-5-3-13(27-20(25)22-12-10-26-11-12)8-17(15)29-19(16)23-18(24)6-4-14-2-1-7-28-14/h1-2,4,6-7,12-13H,3,5,8,10-11H2,(H,22,25)(H,23,24). The lowest BCUT2D eigenvalue weighted by atomic mass is 9.94. The molecule has 1 atom stereocenters. The Balaban J connectivity index is 1.39. The van der Waals surface area contributed by atoms with E-state index in [1.807, 2.05) is 17.5 Å². The number of nitriles is 1. The van der Waals surface area contributed by atoms with Crippen LogP contribution in [0.3, 0.4) is 0 Å². The molecule has 3 heterocycles. The van der Waals surface area contributed by atoms with Crippen molar-refractivity contribution in [1.82, 2.24) is 5.32 Å². The lowest BCUT2D eigenvalue weighted by molar-refractivity contribution is -0.111. The van der Waals surface area contributed by atoms with E-state index in [4.69, 9.17) is 9.47 Å². The second kappa shape index (κ2) is 8.78. The van der Waals surface area contributed by atoms with Crippen molar-refractivity contribution in [1.29, 1.82) is 5.26 Å². The molecule has 0 radical (unpaired) electrons. The molecule has 1 fully saturated rings. The van der Waals surface area contributed by atoms with E-state index in [1.165, 1.54) is 17.4 Å². The Labute approximate surface area is 175 Å². The number of alkyl carbamates (subject to hydrolysis) is 1. The molecule has 2 aliphatic rings. The SMILES string of the molecule is N#Cc1c(NC(=O)C=Cc2cccs2)sc2c1CCC(OC(=O)NC1COC1)C2. The summed E-state index contributed by atoms with van der Waals surface area (Å²) in [4.78, 5) is 26.2. The van der Waals surface area contributed by atoms with E-state index in [2.05, 4.69) is 16.7 Å². The first kappa shape index (κ1) is 19.6. The van der Waals surface area contributed by atoms with Crippen molar-refractivity contribution in [2.75, 3.05) is 18.5 Å². The monoisotopic (exact) mass is 429 g/mol. The third kappa shape index (κ3) is 4.67. The minimum atomic E-state index is -0.434. The fraction of sp³-hybridized carbons (Fsp3) is 0.350. The maximum Gasteiger partial charge on any atom is 0.407 e. The number of carbonyl (C=O) groups is 2. The quantitative estimate of drug-likeness (QED) is 0.710. The highest BCUT2D eigenvalue weighted by atomic mass is 32.1. The molecule has 0 spiro atoms. The highest BCUT2D eigenvalue weighted by Crippen LogP contribution is 2.38. The summed E-state index contributed by atoms with van der Waals surface area (Å²) >= 11 is 2.93. The van der Waals surface area contributed by atoms with Gasteiger partial charge in [-0.1, -0.05) is 6.07 Å². The molecule has 1 saturated heterocycles. The maximum atomic E-state index is 12.3. The van der Waals surface area contributed by atoms with E-state index in [1.54, 1.807) is 17.4 Å². The average Bonchev–Trinajstić information content (AvgIpc) is 3.30. The van der Waals surface area contributed by atoms with E-state index >= 15 is 0 Å². The molecule has 150 valence electrons. The number of nitrogens with zero attached hydrogens (tertiary/aromatic N) is 1. The minimum Gasteiger partial charge on any atom is -0.446 e. The Morgan fingerprint density at radius 3 is 2.93 bits per heavy atom. The van der Waals surface area contributed by atoms with Crippen LogP contribution in [0.25, 0.3) is 6.08 Å². The van der Waals surface area contributed by atoms with Gasteiger partial charge in [0.2, 0.25) is 5.91 Å². The van der Waals surface area contributed by atoms with Gasteiger partial charge in [0, 0.05) is 22.3 Å². The van der Waals surface area contributed by atoms with Crippen LogP contribution in [0.4, 0.5) is 9.80 Å². The second-order valence-electron chi connectivity index (χ2n) is 6.81. The molecular weight excluding hydrogens is 410 g/mol. The van der Waals surface area contributed by atoms with Gasteiger partial charge in [0.15, 0.2) is 0 Å². The third-order valence-corrected chi connectivity index (χ3v) is 6.75. The van der Waals surface area contributed by atoms with E-state index in [9.17, 15) is 14.9 Å². The zero-order chi connectivity index (χ0) is 20.2. The van der Waals surface area contributed by atoms with Gasteiger partial charge in [-0.05, 0) is 35.9 Å². The van der Waals surface area contributed by atoms with Crippen LogP contribution in [0.2, 0.25) is 0 Å². The van der Waals surface area contributed by atoms with Crippen molar-refractivity contribution >= 4 is 45.8 Å². The number of fused-ring (bicyclic) bond motifs is 1. The fourth-order valence-electron chi connectivity index (χ4n) is 3.23. The summed E-state index contributed by atoms with van der Waals surface area (Å²) in [5.41, 5.74) is 1.46. The third-order valence-electron chi connectivity index (χ3n) is 4.74. The molecule has 1 aliphatic heterocycles. The summed E-state index contributed by atoms with van der Waals surface area (Å²) in [5, 5.41) is 17.7.